The Balaban J connectivity index is 1.73. The number of aliphatic hydroxyl groups excluding tert-OH is 1. The molecule has 152 valence electrons. The first kappa shape index (κ1) is 20.4. The van der Waals surface area contributed by atoms with Gasteiger partial charge in [0.2, 0.25) is 0 Å². The summed E-state index contributed by atoms with van der Waals surface area (Å²) in [4.78, 5) is 18.0. The van der Waals surface area contributed by atoms with Gasteiger partial charge in [-0.1, -0.05) is 0 Å². The number of aromatic nitrogens is 2. The molecule has 2 aliphatic rings. The second kappa shape index (κ2) is 8.78. The lowest BCUT2D eigenvalue weighted by Crippen LogP contribution is -2.32. The van der Waals surface area contributed by atoms with E-state index in [1.54, 1.807) is 0 Å². The molecule has 0 aromatic carbocycles. The van der Waals surface area contributed by atoms with E-state index >= 15 is 0 Å². The van der Waals surface area contributed by atoms with Crippen LogP contribution in [0.15, 0.2) is 17.1 Å². The summed E-state index contributed by atoms with van der Waals surface area (Å²) in [5.41, 5.74) is -0.616. The lowest BCUT2D eigenvalue weighted by molar-refractivity contribution is -0.0992. The number of nitrogens with zero attached hydrogens (tertiary/aromatic N) is 3. The van der Waals surface area contributed by atoms with Gasteiger partial charge in [-0.05, 0) is 39.4 Å². The van der Waals surface area contributed by atoms with Gasteiger partial charge in [0.25, 0.3) is 0 Å². The maximum Gasteiger partial charge on any atom is 0.435 e. The average Bonchev–Trinajstić information content (AvgIpc) is 3.07. The van der Waals surface area contributed by atoms with Crippen LogP contribution in [0, 0.1) is 0 Å². The van der Waals surface area contributed by atoms with Crippen LogP contribution >= 0.6 is 7.75 Å². The quantitative estimate of drug-likeness (QED) is 0.679. The van der Waals surface area contributed by atoms with Gasteiger partial charge in [-0.2, -0.15) is 4.98 Å². The molecule has 4 atom stereocenters. The fourth-order valence-electron chi connectivity index (χ4n) is 2.78. The van der Waals surface area contributed by atoms with Gasteiger partial charge < -0.3 is 14.6 Å². The maximum absolute atomic E-state index is 13.0. The number of ether oxygens (including phenoxy) is 2. The lowest BCUT2D eigenvalue weighted by atomic mass is 10.2. The summed E-state index contributed by atoms with van der Waals surface area (Å²) in [5, 5.41) is 11.7. The minimum Gasteiger partial charge on any atom is -0.391 e. The third kappa shape index (κ3) is 5.14. The molecule has 3 rings (SSSR count). The first-order chi connectivity index (χ1) is 12.9. The van der Waals surface area contributed by atoms with Crippen LogP contribution in [-0.4, -0.2) is 66.0 Å². The summed E-state index contributed by atoms with van der Waals surface area (Å²) in [7, 11) is -0.0174. The Morgan fingerprint density at radius 2 is 2.26 bits per heavy atom. The van der Waals surface area contributed by atoms with Crippen molar-refractivity contribution in [3.05, 3.63) is 22.7 Å². The number of hydrogen-bond donors (Lipinski definition) is 2. The van der Waals surface area contributed by atoms with Gasteiger partial charge in [-0.25, -0.2) is 9.36 Å². The van der Waals surface area contributed by atoms with Crippen molar-refractivity contribution < 1.29 is 28.2 Å². The van der Waals surface area contributed by atoms with Crippen LogP contribution in [0.2, 0.25) is 0 Å². The molecule has 2 saturated heterocycles. The van der Waals surface area contributed by atoms with Crippen LogP contribution in [0.3, 0.4) is 0 Å². The fraction of sp³-hybridized carbons (Fsp3) is 0.733. The summed E-state index contributed by atoms with van der Waals surface area (Å²) in [6.45, 7) is 0.106. The SMILES string of the molecule is CN(C)C1CCCCOP(=O)(Nc2ccn(C3COC(CO)O3)c(=O)n2)O1. The summed E-state index contributed by atoms with van der Waals surface area (Å²) in [6.07, 6.45) is 2.01. The van der Waals surface area contributed by atoms with Crippen molar-refractivity contribution in [2.24, 2.45) is 0 Å². The van der Waals surface area contributed by atoms with Crippen LogP contribution in [0.25, 0.3) is 0 Å². The van der Waals surface area contributed by atoms with Crippen molar-refractivity contribution in [1.29, 1.82) is 0 Å². The molecule has 2 fully saturated rings. The Bertz CT molecular complexity index is 743. The Morgan fingerprint density at radius 3 is 2.93 bits per heavy atom. The summed E-state index contributed by atoms with van der Waals surface area (Å²) >= 11 is 0. The number of rotatable bonds is 5. The summed E-state index contributed by atoms with van der Waals surface area (Å²) in [5.74, 6) is 0.0790. The molecule has 11 nitrogen and oxygen atoms in total. The van der Waals surface area contributed by atoms with E-state index in [-0.39, 0.29) is 31.9 Å². The maximum atomic E-state index is 13.0. The first-order valence-electron chi connectivity index (χ1n) is 8.75. The van der Waals surface area contributed by atoms with E-state index in [0.29, 0.717) is 0 Å². The molecular weight excluding hydrogens is 379 g/mol. The van der Waals surface area contributed by atoms with Crippen LogP contribution in [-0.2, 0) is 23.1 Å². The highest BCUT2D eigenvalue weighted by atomic mass is 31.2. The number of hydrogen-bond acceptors (Lipinski definition) is 9. The average molecular weight is 404 g/mol. The fourth-order valence-corrected chi connectivity index (χ4v) is 4.35. The molecule has 1 aromatic rings. The molecular formula is C15H25N4O7P. The zero-order valence-electron chi connectivity index (χ0n) is 15.3. The molecule has 0 amide bonds. The van der Waals surface area contributed by atoms with Crippen molar-refractivity contribution in [1.82, 2.24) is 14.5 Å². The lowest BCUT2D eigenvalue weighted by Gasteiger charge is -2.30. The predicted octanol–water partition coefficient (Wildman–Crippen LogP) is 0.732. The highest BCUT2D eigenvalue weighted by molar-refractivity contribution is 7.55. The van der Waals surface area contributed by atoms with Crippen LogP contribution < -0.4 is 10.8 Å². The van der Waals surface area contributed by atoms with Gasteiger partial charge >= 0.3 is 13.4 Å². The largest absolute Gasteiger partial charge is 0.435 e. The third-order valence-electron chi connectivity index (χ3n) is 4.22. The molecule has 3 heterocycles. The zero-order chi connectivity index (χ0) is 19.4. The standard InChI is InChI=1S/C15H25N4O7P/c1-18(2)12-5-3-4-8-24-27(22,26-12)17-11-6-7-19(15(21)16-11)13-10-23-14(9-20)25-13/h6-7,12-14,20H,3-5,8-10H2,1-2H3,(H,16,17,21,22). The highest BCUT2D eigenvalue weighted by Crippen LogP contribution is 2.50. The summed E-state index contributed by atoms with van der Waals surface area (Å²) in [6, 6.07) is 1.48. The van der Waals surface area contributed by atoms with Crippen LogP contribution in [0.5, 0.6) is 0 Å². The summed E-state index contributed by atoms with van der Waals surface area (Å²) < 4.78 is 35.9. The van der Waals surface area contributed by atoms with Crippen molar-refractivity contribution in [3.63, 3.8) is 0 Å². The van der Waals surface area contributed by atoms with E-state index < -0.39 is 26.0 Å². The molecule has 27 heavy (non-hydrogen) atoms. The van der Waals surface area contributed by atoms with Crippen LogP contribution in [0.1, 0.15) is 25.5 Å². The topological polar surface area (TPSA) is 124 Å². The minimum atomic E-state index is -3.68. The number of anilines is 1. The molecule has 0 radical (unpaired) electrons. The molecule has 0 saturated carbocycles. The van der Waals surface area contributed by atoms with Crippen molar-refractivity contribution >= 4 is 13.6 Å². The second-order valence-electron chi connectivity index (χ2n) is 6.50. The number of nitrogens with one attached hydrogen (secondary N) is 1. The van der Waals surface area contributed by atoms with E-state index in [4.69, 9.17) is 23.6 Å². The Kier molecular flexibility index (Phi) is 6.64. The molecule has 0 spiro atoms. The van der Waals surface area contributed by atoms with Gasteiger partial charge in [-0.15, -0.1) is 0 Å². The second-order valence-corrected chi connectivity index (χ2v) is 8.19. The van der Waals surface area contributed by atoms with Crippen molar-refractivity contribution in [2.45, 2.75) is 38.0 Å². The Labute approximate surface area is 156 Å². The molecule has 0 aliphatic carbocycles. The molecule has 2 aliphatic heterocycles. The van der Waals surface area contributed by atoms with E-state index in [9.17, 15) is 9.36 Å². The van der Waals surface area contributed by atoms with E-state index in [1.165, 1.54) is 16.8 Å². The third-order valence-corrected chi connectivity index (χ3v) is 5.76. The van der Waals surface area contributed by atoms with Gasteiger partial charge in [0.1, 0.15) is 12.0 Å². The smallest absolute Gasteiger partial charge is 0.391 e. The van der Waals surface area contributed by atoms with E-state index in [1.807, 2.05) is 19.0 Å². The van der Waals surface area contributed by atoms with Gasteiger partial charge in [0.05, 0.1) is 19.8 Å². The van der Waals surface area contributed by atoms with E-state index in [0.717, 1.165) is 19.3 Å². The Morgan fingerprint density at radius 1 is 1.44 bits per heavy atom. The first-order valence-corrected chi connectivity index (χ1v) is 10.3. The number of aliphatic hydroxyl groups is 1. The van der Waals surface area contributed by atoms with Crippen molar-refractivity contribution in [2.75, 3.05) is 39.0 Å². The van der Waals surface area contributed by atoms with E-state index in [2.05, 4.69) is 10.1 Å². The molecule has 1 aromatic heterocycles. The highest BCUT2D eigenvalue weighted by Gasteiger charge is 2.33. The Hall–Kier alpha value is -1.33. The monoisotopic (exact) mass is 404 g/mol. The van der Waals surface area contributed by atoms with Crippen LogP contribution in [0.4, 0.5) is 5.82 Å². The molecule has 2 N–H and O–H groups in total. The van der Waals surface area contributed by atoms with Gasteiger partial charge in [0.15, 0.2) is 12.5 Å². The molecule has 4 unspecified atom stereocenters. The molecule has 12 heteroatoms. The van der Waals surface area contributed by atoms with Gasteiger partial charge in [-0.3, -0.25) is 23.6 Å². The van der Waals surface area contributed by atoms with Crippen molar-refractivity contribution in [3.8, 4) is 0 Å². The molecule has 0 bridgehead atoms. The van der Waals surface area contributed by atoms with Gasteiger partial charge in [0, 0.05) is 6.20 Å². The zero-order valence-corrected chi connectivity index (χ0v) is 16.2. The predicted molar refractivity (Wildman–Crippen MR) is 95.0 cm³/mol. The normalized spacial score (nSPS) is 32.2. The minimum absolute atomic E-state index is 0.0790.